The fourth-order valence-corrected chi connectivity index (χ4v) is 5.86. The molecule has 4 aromatic rings. The second-order valence-electron chi connectivity index (χ2n) is 7.20. The van der Waals surface area contributed by atoms with Crippen LogP contribution in [0.5, 0.6) is 0 Å². The highest BCUT2D eigenvalue weighted by molar-refractivity contribution is 8.04. The molecular formula is C25H16Cl2N2OS2. The molecule has 0 spiro atoms. The minimum Gasteiger partial charge on any atom is -0.352 e. The Labute approximate surface area is 204 Å². The lowest BCUT2D eigenvalue weighted by Crippen LogP contribution is -2.13. The van der Waals surface area contributed by atoms with E-state index in [0.29, 0.717) is 20.5 Å². The third-order valence-corrected chi connectivity index (χ3v) is 7.91. The van der Waals surface area contributed by atoms with Crippen molar-refractivity contribution < 1.29 is 4.79 Å². The summed E-state index contributed by atoms with van der Waals surface area (Å²) in [5.41, 5.74) is 4.20. The molecule has 0 fully saturated rings. The van der Waals surface area contributed by atoms with Gasteiger partial charge in [-0.1, -0.05) is 59.2 Å². The molecule has 0 atom stereocenters. The van der Waals surface area contributed by atoms with E-state index in [2.05, 4.69) is 5.32 Å². The summed E-state index contributed by atoms with van der Waals surface area (Å²) in [4.78, 5) is 20.9. The van der Waals surface area contributed by atoms with Crippen LogP contribution in [0.15, 0.2) is 82.6 Å². The number of fused-ring (bicyclic) bond motifs is 1. The van der Waals surface area contributed by atoms with E-state index in [9.17, 15) is 4.79 Å². The van der Waals surface area contributed by atoms with E-state index in [0.717, 1.165) is 37.4 Å². The number of carbonyl (C=O) groups excluding carboxylic acids is 1. The van der Waals surface area contributed by atoms with Gasteiger partial charge in [0.15, 0.2) is 0 Å². The van der Waals surface area contributed by atoms with Crippen LogP contribution in [0.2, 0.25) is 10.0 Å². The van der Waals surface area contributed by atoms with E-state index in [1.807, 2.05) is 55.5 Å². The first-order valence-electron chi connectivity index (χ1n) is 9.82. The number of nitrogens with zero attached hydrogens (tertiary/aromatic N) is 1. The van der Waals surface area contributed by atoms with E-state index < -0.39 is 0 Å². The number of halogens is 2. The van der Waals surface area contributed by atoms with Gasteiger partial charge in [0.05, 0.1) is 26.9 Å². The van der Waals surface area contributed by atoms with Crippen LogP contribution in [0.4, 0.5) is 5.69 Å². The van der Waals surface area contributed by atoms with Crippen molar-refractivity contribution in [2.24, 2.45) is 0 Å². The monoisotopic (exact) mass is 494 g/mol. The average molecular weight is 495 g/mol. The molecule has 0 aliphatic carbocycles. The maximum Gasteiger partial charge on any atom is 0.201 e. The summed E-state index contributed by atoms with van der Waals surface area (Å²) in [5, 5.41) is 5.66. The molecule has 1 aromatic heterocycles. The lowest BCUT2D eigenvalue weighted by Gasteiger charge is -2.23. The Morgan fingerprint density at radius 1 is 0.906 bits per heavy atom. The number of thiazole rings is 1. The zero-order chi connectivity index (χ0) is 22.2. The maximum absolute atomic E-state index is 13.5. The van der Waals surface area contributed by atoms with Gasteiger partial charge in [0.25, 0.3) is 0 Å². The third-order valence-electron chi connectivity index (χ3n) is 5.01. The number of rotatable bonds is 4. The highest BCUT2D eigenvalue weighted by Gasteiger charge is 2.28. The number of hydrogen-bond acceptors (Lipinski definition) is 5. The number of nitrogens with one attached hydrogen (secondary N) is 1. The minimum atomic E-state index is -0.0514. The SMILES string of the molecule is Cc1nc(-c2ccc(Cl)cc2)sc1C1=C(C(=O)c2ccc(Cl)cc2)Sc2ccccc2N1. The van der Waals surface area contributed by atoms with Gasteiger partial charge in [-0.05, 0) is 55.5 Å². The molecule has 0 unspecified atom stereocenters. The van der Waals surface area contributed by atoms with Crippen LogP contribution in [-0.4, -0.2) is 10.8 Å². The van der Waals surface area contributed by atoms with Gasteiger partial charge in [-0.15, -0.1) is 11.3 Å². The summed E-state index contributed by atoms with van der Waals surface area (Å²) in [6.07, 6.45) is 0. The van der Waals surface area contributed by atoms with Crippen molar-refractivity contribution in [2.45, 2.75) is 11.8 Å². The van der Waals surface area contributed by atoms with Crippen LogP contribution in [-0.2, 0) is 0 Å². The molecule has 5 rings (SSSR count). The van der Waals surface area contributed by atoms with E-state index in [4.69, 9.17) is 28.2 Å². The molecule has 0 bridgehead atoms. The molecule has 2 heterocycles. The van der Waals surface area contributed by atoms with Crippen LogP contribution in [0.25, 0.3) is 16.3 Å². The zero-order valence-corrected chi connectivity index (χ0v) is 20.0. The predicted molar refractivity (Wildman–Crippen MR) is 136 cm³/mol. The number of carbonyl (C=O) groups is 1. The Bertz CT molecular complexity index is 1360. The number of Topliss-reactive ketones (excluding diaryl/α,β-unsaturated/α-hetero) is 1. The average Bonchev–Trinajstić information content (AvgIpc) is 3.20. The lowest BCUT2D eigenvalue weighted by atomic mass is 10.1. The second-order valence-corrected chi connectivity index (χ2v) is 10.1. The highest BCUT2D eigenvalue weighted by Crippen LogP contribution is 2.46. The molecular weight excluding hydrogens is 479 g/mol. The summed E-state index contributed by atoms with van der Waals surface area (Å²) < 4.78 is 0. The van der Waals surface area contributed by atoms with Crippen LogP contribution in [0.3, 0.4) is 0 Å². The summed E-state index contributed by atoms with van der Waals surface area (Å²) in [6.45, 7) is 1.97. The molecule has 32 heavy (non-hydrogen) atoms. The normalized spacial score (nSPS) is 13.0. The van der Waals surface area contributed by atoms with E-state index in [1.54, 1.807) is 35.6 Å². The molecule has 0 saturated heterocycles. The number of aryl methyl sites for hydroxylation is 1. The van der Waals surface area contributed by atoms with Crippen molar-refractivity contribution in [3.63, 3.8) is 0 Å². The molecule has 0 amide bonds. The Morgan fingerprint density at radius 2 is 1.56 bits per heavy atom. The standard InChI is InChI=1S/C25H16Cl2N2OS2/c1-14-23(32-25(28-14)16-8-12-18(27)13-9-16)21-24(22(30)15-6-10-17(26)11-7-15)31-20-5-3-2-4-19(20)29-21/h2-13,29H,1H3. The molecule has 7 heteroatoms. The molecule has 1 N–H and O–H groups in total. The molecule has 0 saturated carbocycles. The second kappa shape index (κ2) is 8.75. The first-order valence-corrected chi connectivity index (χ1v) is 12.2. The van der Waals surface area contributed by atoms with Gasteiger partial charge in [0.2, 0.25) is 5.78 Å². The number of anilines is 1. The minimum absolute atomic E-state index is 0.0514. The lowest BCUT2D eigenvalue weighted by molar-refractivity contribution is 0.104. The van der Waals surface area contributed by atoms with Crippen molar-refractivity contribution in [2.75, 3.05) is 5.32 Å². The Balaban J connectivity index is 1.63. The third kappa shape index (κ3) is 4.09. The highest BCUT2D eigenvalue weighted by atomic mass is 35.5. The van der Waals surface area contributed by atoms with Crippen molar-refractivity contribution in [1.82, 2.24) is 4.98 Å². The Hall–Kier alpha value is -2.57. The summed E-state index contributed by atoms with van der Waals surface area (Å²) >= 11 is 15.1. The van der Waals surface area contributed by atoms with Gasteiger partial charge >= 0.3 is 0 Å². The number of benzene rings is 3. The summed E-state index contributed by atoms with van der Waals surface area (Å²) in [5.74, 6) is -0.0514. The number of aromatic nitrogens is 1. The van der Waals surface area contributed by atoms with Gasteiger partial charge in [-0.25, -0.2) is 4.98 Å². The molecule has 158 valence electrons. The number of para-hydroxylation sites is 1. The molecule has 3 aromatic carbocycles. The topological polar surface area (TPSA) is 42.0 Å². The van der Waals surface area contributed by atoms with Gasteiger partial charge < -0.3 is 5.32 Å². The zero-order valence-electron chi connectivity index (χ0n) is 16.9. The first-order chi connectivity index (χ1) is 15.5. The van der Waals surface area contributed by atoms with Crippen LogP contribution >= 0.6 is 46.3 Å². The predicted octanol–water partition coefficient (Wildman–Crippen LogP) is 8.19. The van der Waals surface area contributed by atoms with Crippen LogP contribution in [0.1, 0.15) is 20.9 Å². The Morgan fingerprint density at radius 3 is 2.28 bits per heavy atom. The Kier molecular flexibility index (Phi) is 5.82. The van der Waals surface area contributed by atoms with Gasteiger partial charge in [-0.2, -0.15) is 0 Å². The molecule has 3 nitrogen and oxygen atoms in total. The van der Waals surface area contributed by atoms with E-state index in [-0.39, 0.29) is 5.78 Å². The van der Waals surface area contributed by atoms with Gasteiger partial charge in [-0.3, -0.25) is 4.79 Å². The fraction of sp³-hybridized carbons (Fsp3) is 0.0400. The van der Waals surface area contributed by atoms with Crippen molar-refractivity contribution in [1.29, 1.82) is 0 Å². The number of thioether (sulfide) groups is 1. The van der Waals surface area contributed by atoms with Gasteiger partial charge in [0, 0.05) is 26.1 Å². The first kappa shape index (κ1) is 21.3. The maximum atomic E-state index is 13.5. The van der Waals surface area contributed by atoms with Gasteiger partial charge in [0.1, 0.15) is 5.01 Å². The van der Waals surface area contributed by atoms with Crippen molar-refractivity contribution in [3.05, 3.63) is 104 Å². The molecule has 1 aliphatic rings. The number of hydrogen-bond donors (Lipinski definition) is 1. The molecule has 0 radical (unpaired) electrons. The fourth-order valence-electron chi connectivity index (χ4n) is 3.41. The van der Waals surface area contributed by atoms with Crippen molar-refractivity contribution >= 4 is 63.5 Å². The number of ketones is 1. The number of allylic oxidation sites excluding steroid dienone is 1. The quantitative estimate of drug-likeness (QED) is 0.290. The molecule has 1 aliphatic heterocycles. The largest absolute Gasteiger partial charge is 0.352 e. The van der Waals surface area contributed by atoms with Crippen molar-refractivity contribution in [3.8, 4) is 10.6 Å². The van der Waals surface area contributed by atoms with E-state index in [1.165, 1.54) is 11.8 Å². The van der Waals surface area contributed by atoms with Crippen LogP contribution < -0.4 is 5.32 Å². The summed E-state index contributed by atoms with van der Waals surface area (Å²) in [7, 11) is 0. The van der Waals surface area contributed by atoms with E-state index >= 15 is 0 Å². The summed E-state index contributed by atoms with van der Waals surface area (Å²) in [6, 6.07) is 22.6. The smallest absolute Gasteiger partial charge is 0.201 e. The van der Waals surface area contributed by atoms with Crippen LogP contribution in [0, 0.1) is 6.92 Å².